The number of hydrogen-bond acceptors (Lipinski definition) is 4. The van der Waals surface area contributed by atoms with Crippen molar-refractivity contribution in [1.29, 1.82) is 0 Å². The SMILES string of the molecule is COc1cc(Br)cc(NC(=O)c2sccc2N)c1. The number of rotatable bonds is 3. The van der Waals surface area contributed by atoms with Crippen LogP contribution in [0.5, 0.6) is 5.75 Å². The molecule has 3 N–H and O–H groups in total. The van der Waals surface area contributed by atoms with Crippen LogP contribution in [0, 0.1) is 0 Å². The molecule has 0 saturated heterocycles. The number of carbonyl (C=O) groups is 1. The lowest BCUT2D eigenvalue weighted by atomic mass is 10.3. The third kappa shape index (κ3) is 2.83. The zero-order valence-corrected chi connectivity index (χ0v) is 12.0. The van der Waals surface area contributed by atoms with Crippen molar-refractivity contribution in [1.82, 2.24) is 0 Å². The van der Waals surface area contributed by atoms with Crippen molar-refractivity contribution in [2.75, 3.05) is 18.2 Å². The quantitative estimate of drug-likeness (QED) is 0.909. The van der Waals surface area contributed by atoms with E-state index in [4.69, 9.17) is 10.5 Å². The third-order valence-electron chi connectivity index (χ3n) is 2.27. The fraction of sp³-hybridized carbons (Fsp3) is 0.0833. The summed E-state index contributed by atoms with van der Waals surface area (Å²) in [4.78, 5) is 12.5. The maximum absolute atomic E-state index is 12.0. The second-order valence-electron chi connectivity index (χ2n) is 3.54. The number of nitrogens with one attached hydrogen (secondary N) is 1. The van der Waals surface area contributed by atoms with E-state index in [1.165, 1.54) is 11.3 Å². The van der Waals surface area contributed by atoms with Crippen LogP contribution in [0.15, 0.2) is 34.1 Å². The zero-order chi connectivity index (χ0) is 13.1. The molecule has 0 atom stereocenters. The molecule has 0 bridgehead atoms. The fourth-order valence-electron chi connectivity index (χ4n) is 1.44. The van der Waals surface area contributed by atoms with Gasteiger partial charge in [0, 0.05) is 16.2 Å². The smallest absolute Gasteiger partial charge is 0.267 e. The number of hydrogen-bond donors (Lipinski definition) is 2. The van der Waals surface area contributed by atoms with Crippen LogP contribution in [0.25, 0.3) is 0 Å². The lowest BCUT2D eigenvalue weighted by Gasteiger charge is -2.07. The Morgan fingerprint density at radius 2 is 2.22 bits per heavy atom. The van der Waals surface area contributed by atoms with Gasteiger partial charge >= 0.3 is 0 Å². The summed E-state index contributed by atoms with van der Waals surface area (Å²) in [6.45, 7) is 0. The van der Waals surface area contributed by atoms with Gasteiger partial charge in [-0.05, 0) is 23.6 Å². The molecule has 94 valence electrons. The van der Waals surface area contributed by atoms with Gasteiger partial charge < -0.3 is 15.8 Å². The van der Waals surface area contributed by atoms with E-state index in [2.05, 4.69) is 21.2 Å². The minimum absolute atomic E-state index is 0.220. The molecule has 2 aromatic rings. The lowest BCUT2D eigenvalue weighted by molar-refractivity contribution is 0.103. The molecule has 2 rings (SSSR count). The fourth-order valence-corrected chi connectivity index (χ4v) is 2.63. The second kappa shape index (κ2) is 5.41. The summed E-state index contributed by atoms with van der Waals surface area (Å²) in [5.41, 5.74) is 6.83. The molecule has 1 aromatic heterocycles. The van der Waals surface area contributed by atoms with Crippen LogP contribution < -0.4 is 15.8 Å². The number of thiophene rings is 1. The van der Waals surface area contributed by atoms with Crippen molar-refractivity contribution in [3.8, 4) is 5.75 Å². The summed E-state index contributed by atoms with van der Waals surface area (Å²) in [5.74, 6) is 0.446. The third-order valence-corrected chi connectivity index (χ3v) is 3.65. The van der Waals surface area contributed by atoms with Crippen LogP contribution in [0.1, 0.15) is 9.67 Å². The Hall–Kier alpha value is -1.53. The predicted molar refractivity (Wildman–Crippen MR) is 77.4 cm³/mol. The van der Waals surface area contributed by atoms with E-state index in [1.54, 1.807) is 30.7 Å². The van der Waals surface area contributed by atoms with E-state index in [0.717, 1.165) is 4.47 Å². The highest BCUT2D eigenvalue weighted by Gasteiger charge is 2.12. The monoisotopic (exact) mass is 326 g/mol. The second-order valence-corrected chi connectivity index (χ2v) is 5.37. The van der Waals surface area contributed by atoms with Gasteiger partial charge in [0.1, 0.15) is 10.6 Å². The van der Waals surface area contributed by atoms with Gasteiger partial charge in [0.15, 0.2) is 0 Å². The van der Waals surface area contributed by atoms with Crippen molar-refractivity contribution < 1.29 is 9.53 Å². The van der Waals surface area contributed by atoms with Crippen LogP contribution in [-0.2, 0) is 0 Å². The number of amides is 1. The molecular formula is C12H11BrN2O2S. The zero-order valence-electron chi connectivity index (χ0n) is 9.57. The summed E-state index contributed by atoms with van der Waals surface area (Å²) >= 11 is 4.66. The van der Waals surface area contributed by atoms with Gasteiger partial charge in [-0.3, -0.25) is 4.79 Å². The Morgan fingerprint density at radius 1 is 1.44 bits per heavy atom. The number of nitrogens with two attached hydrogens (primary N) is 1. The maximum Gasteiger partial charge on any atom is 0.267 e. The van der Waals surface area contributed by atoms with E-state index in [1.807, 2.05) is 6.07 Å². The predicted octanol–water partition coefficient (Wildman–Crippen LogP) is 3.35. The van der Waals surface area contributed by atoms with Gasteiger partial charge in [-0.15, -0.1) is 11.3 Å². The average molecular weight is 327 g/mol. The van der Waals surface area contributed by atoms with E-state index in [0.29, 0.717) is 22.0 Å². The van der Waals surface area contributed by atoms with Gasteiger partial charge in [-0.2, -0.15) is 0 Å². The average Bonchev–Trinajstić information content (AvgIpc) is 2.74. The van der Waals surface area contributed by atoms with Crippen LogP contribution in [0.4, 0.5) is 11.4 Å². The van der Waals surface area contributed by atoms with Gasteiger partial charge in [0.05, 0.1) is 12.8 Å². The number of ether oxygens (including phenoxy) is 1. The summed E-state index contributed by atoms with van der Waals surface area (Å²) < 4.78 is 5.96. The van der Waals surface area contributed by atoms with Crippen LogP contribution in [-0.4, -0.2) is 13.0 Å². The highest BCUT2D eigenvalue weighted by molar-refractivity contribution is 9.10. The Labute approximate surface area is 117 Å². The van der Waals surface area contributed by atoms with Crippen molar-refractivity contribution in [3.63, 3.8) is 0 Å². The van der Waals surface area contributed by atoms with Gasteiger partial charge in [-0.25, -0.2) is 0 Å². The normalized spacial score (nSPS) is 10.1. The van der Waals surface area contributed by atoms with Crippen molar-refractivity contribution in [3.05, 3.63) is 39.0 Å². The molecule has 0 spiro atoms. The molecule has 0 radical (unpaired) electrons. The topological polar surface area (TPSA) is 64.3 Å². The molecule has 6 heteroatoms. The highest BCUT2D eigenvalue weighted by Crippen LogP contribution is 2.26. The van der Waals surface area contributed by atoms with E-state index in [9.17, 15) is 4.79 Å². The molecule has 1 heterocycles. The maximum atomic E-state index is 12.0. The van der Waals surface area contributed by atoms with Crippen LogP contribution in [0.2, 0.25) is 0 Å². The summed E-state index contributed by atoms with van der Waals surface area (Å²) in [6.07, 6.45) is 0. The summed E-state index contributed by atoms with van der Waals surface area (Å²) in [6, 6.07) is 7.06. The largest absolute Gasteiger partial charge is 0.497 e. The Bertz CT molecular complexity index is 583. The van der Waals surface area contributed by atoms with Crippen LogP contribution in [0.3, 0.4) is 0 Å². The number of anilines is 2. The number of halogens is 1. The minimum atomic E-state index is -0.220. The van der Waals surface area contributed by atoms with E-state index < -0.39 is 0 Å². The standard InChI is InChI=1S/C12H11BrN2O2S/c1-17-9-5-7(13)4-8(6-9)15-12(16)11-10(14)2-3-18-11/h2-6H,14H2,1H3,(H,15,16). The minimum Gasteiger partial charge on any atom is -0.497 e. The molecule has 18 heavy (non-hydrogen) atoms. The first kappa shape index (κ1) is 12.9. The molecule has 1 aromatic carbocycles. The van der Waals surface area contributed by atoms with Crippen molar-refractivity contribution in [2.24, 2.45) is 0 Å². The molecule has 4 nitrogen and oxygen atoms in total. The molecule has 0 aliphatic rings. The molecule has 0 aliphatic carbocycles. The number of nitrogen functional groups attached to an aromatic ring is 1. The first-order valence-electron chi connectivity index (χ1n) is 5.09. The Kier molecular flexibility index (Phi) is 3.88. The molecular weight excluding hydrogens is 316 g/mol. The number of benzene rings is 1. The van der Waals surface area contributed by atoms with Crippen molar-refractivity contribution >= 4 is 44.5 Å². The lowest BCUT2D eigenvalue weighted by Crippen LogP contribution is -2.11. The van der Waals surface area contributed by atoms with Gasteiger partial charge in [-0.1, -0.05) is 15.9 Å². The van der Waals surface area contributed by atoms with Crippen molar-refractivity contribution in [2.45, 2.75) is 0 Å². The molecule has 0 aliphatic heterocycles. The Morgan fingerprint density at radius 3 is 2.83 bits per heavy atom. The van der Waals surface area contributed by atoms with Gasteiger partial charge in [0.2, 0.25) is 0 Å². The van der Waals surface area contributed by atoms with E-state index >= 15 is 0 Å². The first-order chi connectivity index (χ1) is 8.60. The number of methoxy groups -OCH3 is 1. The molecule has 0 unspecified atom stereocenters. The van der Waals surface area contributed by atoms with Crippen LogP contribution >= 0.6 is 27.3 Å². The van der Waals surface area contributed by atoms with E-state index in [-0.39, 0.29) is 5.91 Å². The number of carbonyl (C=O) groups excluding carboxylic acids is 1. The first-order valence-corrected chi connectivity index (χ1v) is 6.76. The molecule has 1 amide bonds. The Balaban J connectivity index is 2.22. The molecule has 0 fully saturated rings. The summed E-state index contributed by atoms with van der Waals surface area (Å²) in [5, 5.41) is 4.57. The van der Waals surface area contributed by atoms with Gasteiger partial charge in [0.25, 0.3) is 5.91 Å². The molecule has 0 saturated carbocycles. The highest BCUT2D eigenvalue weighted by atomic mass is 79.9. The summed E-state index contributed by atoms with van der Waals surface area (Å²) in [7, 11) is 1.57.